The van der Waals surface area contributed by atoms with Crippen LogP contribution >= 0.6 is 15.9 Å². The molecule has 0 bridgehead atoms. The number of aromatic amines is 1. The third-order valence-electron chi connectivity index (χ3n) is 3.89. The molecule has 4 nitrogen and oxygen atoms in total. The van der Waals surface area contributed by atoms with Crippen LogP contribution in [-0.4, -0.2) is 10.9 Å². The Kier molecular flexibility index (Phi) is 4.86. The van der Waals surface area contributed by atoms with E-state index in [1.54, 1.807) is 18.2 Å². The van der Waals surface area contributed by atoms with Crippen LogP contribution in [0.15, 0.2) is 63.9 Å². The number of anilines is 1. The predicted octanol–water partition coefficient (Wildman–Crippen LogP) is 4.67. The molecule has 0 aliphatic carbocycles. The number of carbonyl (C=O) groups excluding carboxylic acids is 1. The summed E-state index contributed by atoms with van der Waals surface area (Å²) in [6.45, 7) is 3.97. The van der Waals surface area contributed by atoms with E-state index in [9.17, 15) is 9.59 Å². The van der Waals surface area contributed by atoms with E-state index in [2.05, 4.69) is 26.2 Å². The van der Waals surface area contributed by atoms with Crippen molar-refractivity contribution in [2.75, 3.05) is 5.32 Å². The van der Waals surface area contributed by atoms with E-state index < -0.39 is 11.5 Å². The first-order chi connectivity index (χ1) is 11.9. The first-order valence-electron chi connectivity index (χ1n) is 7.82. The predicted molar refractivity (Wildman–Crippen MR) is 104 cm³/mol. The van der Waals surface area contributed by atoms with Crippen LogP contribution in [0.3, 0.4) is 0 Å². The lowest BCUT2D eigenvalue weighted by Gasteiger charge is -2.08. The maximum absolute atomic E-state index is 12.4. The van der Waals surface area contributed by atoms with E-state index in [0.29, 0.717) is 11.4 Å². The summed E-state index contributed by atoms with van der Waals surface area (Å²) in [6.07, 6.45) is 0. The first-order valence-corrected chi connectivity index (χ1v) is 8.61. The second kappa shape index (κ2) is 7.07. The average Bonchev–Trinajstić information content (AvgIpc) is 2.58. The summed E-state index contributed by atoms with van der Waals surface area (Å²) in [5.41, 5.74) is 4.07. The van der Waals surface area contributed by atoms with E-state index in [-0.39, 0.29) is 5.56 Å². The number of halogens is 1. The number of hydrogen-bond acceptors (Lipinski definition) is 2. The normalized spacial score (nSPS) is 10.5. The number of nitrogens with one attached hydrogen (secondary N) is 2. The summed E-state index contributed by atoms with van der Waals surface area (Å²) in [6, 6.07) is 16.7. The van der Waals surface area contributed by atoms with Crippen molar-refractivity contribution < 1.29 is 4.79 Å². The van der Waals surface area contributed by atoms with Crippen molar-refractivity contribution in [1.82, 2.24) is 4.98 Å². The Morgan fingerprint density at radius 3 is 2.28 bits per heavy atom. The number of H-pyrrole nitrogens is 1. The second-order valence-corrected chi connectivity index (χ2v) is 6.77. The minimum Gasteiger partial charge on any atom is -0.321 e. The Balaban J connectivity index is 1.86. The molecule has 1 amide bonds. The van der Waals surface area contributed by atoms with Gasteiger partial charge in [-0.2, -0.15) is 0 Å². The fourth-order valence-electron chi connectivity index (χ4n) is 2.47. The molecule has 2 N–H and O–H groups in total. The Morgan fingerprint density at radius 2 is 1.64 bits per heavy atom. The van der Waals surface area contributed by atoms with Crippen LogP contribution < -0.4 is 10.9 Å². The van der Waals surface area contributed by atoms with Crippen LogP contribution in [0.5, 0.6) is 0 Å². The molecule has 1 aromatic heterocycles. The summed E-state index contributed by atoms with van der Waals surface area (Å²) in [7, 11) is 0. The number of hydrogen-bond donors (Lipinski definition) is 2. The SMILES string of the molecule is Cc1ccc(-c2ccc(C(=O)Nc3ccc(C)cc3Br)c(=O)[nH]2)cc1. The van der Waals surface area contributed by atoms with Crippen molar-refractivity contribution in [3.05, 3.63) is 86.1 Å². The molecule has 0 atom stereocenters. The third-order valence-corrected chi connectivity index (χ3v) is 4.55. The van der Waals surface area contributed by atoms with Crippen molar-refractivity contribution >= 4 is 27.5 Å². The van der Waals surface area contributed by atoms with Gasteiger partial charge in [0, 0.05) is 10.2 Å². The van der Waals surface area contributed by atoms with Crippen molar-refractivity contribution in [3.63, 3.8) is 0 Å². The molecule has 25 heavy (non-hydrogen) atoms. The van der Waals surface area contributed by atoms with Gasteiger partial charge in [0.05, 0.1) is 5.69 Å². The van der Waals surface area contributed by atoms with Crippen LogP contribution in [0, 0.1) is 13.8 Å². The smallest absolute Gasteiger partial charge is 0.261 e. The van der Waals surface area contributed by atoms with Gasteiger partial charge in [-0.3, -0.25) is 9.59 Å². The van der Waals surface area contributed by atoms with E-state index in [4.69, 9.17) is 0 Å². The highest BCUT2D eigenvalue weighted by Crippen LogP contribution is 2.24. The van der Waals surface area contributed by atoms with Gasteiger partial charge in [-0.05, 0) is 65.2 Å². The minimum absolute atomic E-state index is 0.0725. The molecular formula is C20H17BrN2O2. The highest BCUT2D eigenvalue weighted by Gasteiger charge is 2.13. The zero-order chi connectivity index (χ0) is 18.0. The monoisotopic (exact) mass is 396 g/mol. The summed E-state index contributed by atoms with van der Waals surface area (Å²) in [5.74, 6) is -0.443. The zero-order valence-corrected chi connectivity index (χ0v) is 15.5. The average molecular weight is 397 g/mol. The van der Waals surface area contributed by atoms with Gasteiger partial charge in [-0.1, -0.05) is 35.9 Å². The van der Waals surface area contributed by atoms with Crippen molar-refractivity contribution in [3.8, 4) is 11.3 Å². The molecule has 1 heterocycles. The largest absolute Gasteiger partial charge is 0.321 e. The molecule has 3 aromatic rings. The summed E-state index contributed by atoms with van der Waals surface area (Å²) >= 11 is 3.41. The maximum atomic E-state index is 12.4. The summed E-state index contributed by atoms with van der Waals surface area (Å²) in [4.78, 5) is 27.5. The number of amides is 1. The van der Waals surface area contributed by atoms with Crippen molar-refractivity contribution in [2.45, 2.75) is 13.8 Å². The van der Waals surface area contributed by atoms with E-state index in [1.165, 1.54) is 0 Å². The lowest BCUT2D eigenvalue weighted by molar-refractivity contribution is 0.102. The highest BCUT2D eigenvalue weighted by atomic mass is 79.9. The Labute approximate surface area is 154 Å². The molecule has 0 saturated carbocycles. The van der Waals surface area contributed by atoms with Crippen molar-refractivity contribution in [1.29, 1.82) is 0 Å². The summed E-state index contributed by atoms with van der Waals surface area (Å²) < 4.78 is 0.772. The fourth-order valence-corrected chi connectivity index (χ4v) is 3.06. The van der Waals surface area contributed by atoms with E-state index in [0.717, 1.165) is 21.2 Å². The van der Waals surface area contributed by atoms with Crippen LogP contribution in [0.1, 0.15) is 21.5 Å². The Hall–Kier alpha value is -2.66. The topological polar surface area (TPSA) is 62.0 Å². The van der Waals surface area contributed by atoms with Crippen LogP contribution in [0.2, 0.25) is 0 Å². The molecule has 0 saturated heterocycles. The first kappa shape index (κ1) is 17.2. The molecular weight excluding hydrogens is 380 g/mol. The van der Waals surface area contributed by atoms with Crippen LogP contribution in [0.4, 0.5) is 5.69 Å². The Bertz CT molecular complexity index is 991. The van der Waals surface area contributed by atoms with Crippen LogP contribution in [-0.2, 0) is 0 Å². The molecule has 0 unspecified atom stereocenters. The standard InChI is InChI=1S/C20H17BrN2O2/c1-12-3-6-14(7-4-12)17-10-8-15(19(24)22-17)20(25)23-18-9-5-13(2)11-16(18)21/h3-11H,1-2H3,(H,22,24)(H,23,25). The van der Waals surface area contributed by atoms with Gasteiger partial charge in [-0.15, -0.1) is 0 Å². The third kappa shape index (κ3) is 3.88. The second-order valence-electron chi connectivity index (χ2n) is 5.92. The van der Waals surface area contributed by atoms with Gasteiger partial charge in [-0.25, -0.2) is 0 Å². The quantitative estimate of drug-likeness (QED) is 0.675. The number of rotatable bonds is 3. The van der Waals surface area contributed by atoms with Crippen molar-refractivity contribution in [2.24, 2.45) is 0 Å². The maximum Gasteiger partial charge on any atom is 0.261 e. The van der Waals surface area contributed by atoms with Gasteiger partial charge >= 0.3 is 0 Å². The molecule has 3 rings (SSSR count). The van der Waals surface area contributed by atoms with Gasteiger partial charge in [0.1, 0.15) is 5.56 Å². The lowest BCUT2D eigenvalue weighted by Crippen LogP contribution is -2.23. The molecule has 0 radical (unpaired) electrons. The number of carbonyl (C=O) groups is 1. The zero-order valence-electron chi connectivity index (χ0n) is 13.9. The van der Waals surface area contributed by atoms with Gasteiger partial charge < -0.3 is 10.3 Å². The van der Waals surface area contributed by atoms with Gasteiger partial charge in [0.15, 0.2) is 0 Å². The highest BCUT2D eigenvalue weighted by molar-refractivity contribution is 9.10. The molecule has 0 fully saturated rings. The van der Waals surface area contributed by atoms with Gasteiger partial charge in [0.2, 0.25) is 0 Å². The van der Waals surface area contributed by atoms with Crippen LogP contribution in [0.25, 0.3) is 11.3 Å². The Morgan fingerprint density at radius 1 is 0.960 bits per heavy atom. The molecule has 2 aromatic carbocycles. The number of benzene rings is 2. The fraction of sp³-hybridized carbons (Fsp3) is 0.100. The van der Waals surface area contributed by atoms with E-state index >= 15 is 0 Å². The molecule has 126 valence electrons. The molecule has 5 heteroatoms. The number of pyridine rings is 1. The number of aromatic nitrogens is 1. The summed E-state index contributed by atoms with van der Waals surface area (Å²) in [5, 5.41) is 2.76. The van der Waals surface area contributed by atoms with Gasteiger partial charge in [0.25, 0.3) is 11.5 Å². The van der Waals surface area contributed by atoms with E-state index in [1.807, 2.05) is 50.2 Å². The molecule has 0 aliphatic heterocycles. The minimum atomic E-state index is -0.443. The molecule has 0 spiro atoms. The molecule has 0 aliphatic rings. The lowest BCUT2D eigenvalue weighted by atomic mass is 10.1. The number of aryl methyl sites for hydroxylation is 2.